The van der Waals surface area contributed by atoms with Crippen LogP contribution in [-0.4, -0.2) is 24.4 Å². The monoisotopic (exact) mass is 327 g/mol. The molecule has 0 saturated heterocycles. The SMILES string of the molecule is Cn1c(=O)c2c(-c3ccccc3)n(CC(C)(C)O)cc2n(C)c1=O. The number of hydrogen-bond donors (Lipinski definition) is 1. The van der Waals surface area contributed by atoms with Gasteiger partial charge in [-0.05, 0) is 19.4 Å². The van der Waals surface area contributed by atoms with Gasteiger partial charge in [-0.2, -0.15) is 0 Å². The molecule has 0 aliphatic carbocycles. The van der Waals surface area contributed by atoms with Gasteiger partial charge in [0.05, 0.1) is 28.7 Å². The Bertz CT molecular complexity index is 1020. The van der Waals surface area contributed by atoms with Gasteiger partial charge >= 0.3 is 5.69 Å². The third kappa shape index (κ3) is 2.59. The minimum atomic E-state index is -0.956. The van der Waals surface area contributed by atoms with Crippen LogP contribution >= 0.6 is 0 Å². The molecule has 0 aliphatic rings. The van der Waals surface area contributed by atoms with Crippen molar-refractivity contribution >= 4 is 10.9 Å². The van der Waals surface area contributed by atoms with Crippen molar-refractivity contribution in [3.8, 4) is 11.3 Å². The minimum Gasteiger partial charge on any atom is -0.389 e. The molecule has 0 bridgehead atoms. The molecule has 0 aliphatic heterocycles. The molecule has 0 saturated carbocycles. The lowest BCUT2D eigenvalue weighted by Gasteiger charge is -2.20. The van der Waals surface area contributed by atoms with Crippen LogP contribution in [0.15, 0.2) is 46.1 Å². The minimum absolute atomic E-state index is 0.309. The maximum atomic E-state index is 12.7. The molecule has 2 aromatic heterocycles. The van der Waals surface area contributed by atoms with Gasteiger partial charge in [-0.1, -0.05) is 30.3 Å². The topological polar surface area (TPSA) is 69.2 Å². The third-order valence-electron chi connectivity index (χ3n) is 4.12. The van der Waals surface area contributed by atoms with Crippen LogP contribution in [0.2, 0.25) is 0 Å². The maximum absolute atomic E-state index is 12.7. The van der Waals surface area contributed by atoms with Gasteiger partial charge in [0.15, 0.2) is 0 Å². The van der Waals surface area contributed by atoms with Crippen molar-refractivity contribution in [2.24, 2.45) is 14.1 Å². The van der Waals surface area contributed by atoms with Crippen molar-refractivity contribution in [2.75, 3.05) is 0 Å². The van der Waals surface area contributed by atoms with Gasteiger partial charge < -0.3 is 9.67 Å². The van der Waals surface area contributed by atoms with Crippen LogP contribution in [0.5, 0.6) is 0 Å². The highest BCUT2D eigenvalue weighted by atomic mass is 16.3. The van der Waals surface area contributed by atoms with Crippen LogP contribution in [0.1, 0.15) is 13.8 Å². The Morgan fingerprint density at radius 1 is 1.04 bits per heavy atom. The molecule has 6 heteroatoms. The first-order valence-electron chi connectivity index (χ1n) is 7.77. The molecule has 2 heterocycles. The van der Waals surface area contributed by atoms with Crippen LogP contribution in [0.4, 0.5) is 0 Å². The molecule has 0 spiro atoms. The number of benzene rings is 1. The molecular formula is C18H21N3O3. The summed E-state index contributed by atoms with van der Waals surface area (Å²) >= 11 is 0. The van der Waals surface area contributed by atoms with E-state index >= 15 is 0 Å². The van der Waals surface area contributed by atoms with E-state index in [2.05, 4.69) is 0 Å². The number of rotatable bonds is 3. The Morgan fingerprint density at radius 2 is 1.67 bits per heavy atom. The first kappa shape index (κ1) is 16.3. The van der Waals surface area contributed by atoms with E-state index in [9.17, 15) is 14.7 Å². The molecule has 0 radical (unpaired) electrons. The van der Waals surface area contributed by atoms with Crippen molar-refractivity contribution in [3.63, 3.8) is 0 Å². The Morgan fingerprint density at radius 3 is 2.25 bits per heavy atom. The fraction of sp³-hybridized carbons (Fsp3) is 0.333. The molecular weight excluding hydrogens is 306 g/mol. The number of fused-ring (bicyclic) bond motifs is 1. The smallest absolute Gasteiger partial charge is 0.330 e. The number of aryl methyl sites for hydroxylation is 1. The van der Waals surface area contributed by atoms with Gasteiger partial charge in [-0.3, -0.25) is 13.9 Å². The number of aromatic nitrogens is 3. The van der Waals surface area contributed by atoms with Gasteiger partial charge in [0, 0.05) is 20.3 Å². The van der Waals surface area contributed by atoms with Gasteiger partial charge in [-0.15, -0.1) is 0 Å². The maximum Gasteiger partial charge on any atom is 0.330 e. The Labute approximate surface area is 139 Å². The normalized spacial score (nSPS) is 12.0. The summed E-state index contributed by atoms with van der Waals surface area (Å²) in [5.74, 6) is 0. The van der Waals surface area contributed by atoms with Crippen LogP contribution in [0.25, 0.3) is 22.2 Å². The highest BCUT2D eigenvalue weighted by molar-refractivity contribution is 5.93. The van der Waals surface area contributed by atoms with Crippen molar-refractivity contribution in [1.82, 2.24) is 13.7 Å². The number of aliphatic hydroxyl groups is 1. The van der Waals surface area contributed by atoms with Crippen molar-refractivity contribution in [2.45, 2.75) is 26.0 Å². The molecule has 0 atom stereocenters. The molecule has 1 aromatic carbocycles. The van der Waals surface area contributed by atoms with Crippen LogP contribution in [0.3, 0.4) is 0 Å². The lowest BCUT2D eigenvalue weighted by molar-refractivity contribution is 0.0622. The van der Waals surface area contributed by atoms with Crippen molar-refractivity contribution < 1.29 is 5.11 Å². The third-order valence-corrected chi connectivity index (χ3v) is 4.12. The standard InChI is InChI=1S/C18H21N3O3/c1-18(2,24)11-21-10-13-14(15(21)12-8-6-5-7-9-12)16(22)20(4)17(23)19(13)3/h5-10,24H,11H2,1-4H3. The summed E-state index contributed by atoms with van der Waals surface area (Å²) in [4.78, 5) is 25.0. The first-order valence-corrected chi connectivity index (χ1v) is 7.77. The van der Waals surface area contributed by atoms with Crippen molar-refractivity contribution in [1.29, 1.82) is 0 Å². The average molecular weight is 327 g/mol. The number of hydrogen-bond acceptors (Lipinski definition) is 3. The second kappa shape index (κ2) is 5.49. The van der Waals surface area contributed by atoms with E-state index in [0.717, 1.165) is 10.1 Å². The zero-order valence-corrected chi connectivity index (χ0v) is 14.3. The summed E-state index contributed by atoms with van der Waals surface area (Å²) in [6, 6.07) is 9.53. The molecule has 24 heavy (non-hydrogen) atoms. The second-order valence-corrected chi connectivity index (χ2v) is 6.75. The van der Waals surface area contributed by atoms with Crippen LogP contribution in [-0.2, 0) is 20.6 Å². The highest BCUT2D eigenvalue weighted by Gasteiger charge is 2.22. The summed E-state index contributed by atoms with van der Waals surface area (Å²) in [7, 11) is 3.12. The van der Waals surface area contributed by atoms with Gasteiger partial charge in [0.25, 0.3) is 5.56 Å². The quantitative estimate of drug-likeness (QED) is 0.792. The summed E-state index contributed by atoms with van der Waals surface area (Å²) in [6.45, 7) is 3.73. The molecule has 3 rings (SSSR count). The van der Waals surface area contributed by atoms with Gasteiger partial charge in [0.1, 0.15) is 0 Å². The average Bonchev–Trinajstić information content (AvgIpc) is 2.89. The largest absolute Gasteiger partial charge is 0.389 e. The summed E-state index contributed by atoms with van der Waals surface area (Å²) in [5, 5.41) is 10.7. The molecule has 0 unspecified atom stereocenters. The lowest BCUT2D eigenvalue weighted by atomic mass is 10.1. The first-order chi connectivity index (χ1) is 11.2. The van der Waals surface area contributed by atoms with E-state index in [1.54, 1.807) is 27.1 Å². The predicted octanol–water partition coefficient (Wildman–Crippen LogP) is 1.48. The van der Waals surface area contributed by atoms with E-state index in [1.807, 2.05) is 34.9 Å². The molecule has 6 nitrogen and oxygen atoms in total. The van der Waals surface area contributed by atoms with E-state index in [1.165, 1.54) is 11.6 Å². The molecule has 3 aromatic rings. The summed E-state index contributed by atoms with van der Waals surface area (Å²) in [6.07, 6.45) is 1.76. The van der Waals surface area contributed by atoms with Crippen molar-refractivity contribution in [3.05, 3.63) is 57.4 Å². The van der Waals surface area contributed by atoms with E-state index in [4.69, 9.17) is 0 Å². The van der Waals surface area contributed by atoms with E-state index in [0.29, 0.717) is 23.1 Å². The zero-order chi connectivity index (χ0) is 17.6. The van der Waals surface area contributed by atoms with Gasteiger partial charge in [-0.25, -0.2) is 4.79 Å². The zero-order valence-electron chi connectivity index (χ0n) is 14.3. The Balaban J connectivity index is 2.48. The molecule has 0 amide bonds. The molecule has 126 valence electrons. The highest BCUT2D eigenvalue weighted by Crippen LogP contribution is 2.29. The lowest BCUT2D eigenvalue weighted by Crippen LogP contribution is -2.36. The Kier molecular flexibility index (Phi) is 3.72. The summed E-state index contributed by atoms with van der Waals surface area (Å²) < 4.78 is 4.42. The fourth-order valence-corrected chi connectivity index (χ4v) is 3.04. The van der Waals surface area contributed by atoms with E-state index in [-0.39, 0.29) is 11.2 Å². The van der Waals surface area contributed by atoms with Crippen LogP contribution < -0.4 is 11.2 Å². The van der Waals surface area contributed by atoms with Crippen LogP contribution in [0, 0.1) is 0 Å². The van der Waals surface area contributed by atoms with E-state index < -0.39 is 5.60 Å². The summed E-state index contributed by atoms with van der Waals surface area (Å²) in [5.41, 5.74) is 0.486. The number of nitrogens with zero attached hydrogens (tertiary/aromatic N) is 3. The second-order valence-electron chi connectivity index (χ2n) is 6.75. The molecule has 1 N–H and O–H groups in total. The Hall–Kier alpha value is -2.60. The van der Waals surface area contributed by atoms with Gasteiger partial charge in [0.2, 0.25) is 0 Å². The predicted molar refractivity (Wildman–Crippen MR) is 94.2 cm³/mol. The molecule has 0 fully saturated rings. The fourth-order valence-electron chi connectivity index (χ4n) is 3.04.